The first-order valence-electron chi connectivity index (χ1n) is 14.9. The monoisotopic (exact) mass is 559 g/mol. The molecule has 1 unspecified atom stereocenters. The summed E-state index contributed by atoms with van der Waals surface area (Å²) in [4.78, 5) is 8.54. The molecule has 2 fully saturated rings. The lowest BCUT2D eigenvalue weighted by atomic mass is 9.71. The van der Waals surface area contributed by atoms with Crippen LogP contribution in [-0.4, -0.2) is 39.8 Å². The lowest BCUT2D eigenvalue weighted by Gasteiger charge is -2.39. The average molecular weight is 560 g/mol. The fraction of sp³-hybridized carbons (Fsp3) is 0.677. The lowest BCUT2D eigenvalue weighted by Crippen LogP contribution is -2.42. The van der Waals surface area contributed by atoms with Crippen LogP contribution in [0.3, 0.4) is 0 Å². The van der Waals surface area contributed by atoms with Gasteiger partial charge in [0.25, 0.3) is 0 Å². The summed E-state index contributed by atoms with van der Waals surface area (Å²) in [5, 5.41) is 21.3. The predicted octanol–water partition coefficient (Wildman–Crippen LogP) is 7.05. The summed E-state index contributed by atoms with van der Waals surface area (Å²) in [7, 11) is 0. The molecule has 0 radical (unpaired) electrons. The summed E-state index contributed by atoms with van der Waals surface area (Å²) in [6.07, 6.45) is 11.2. The van der Waals surface area contributed by atoms with Crippen LogP contribution in [0.5, 0.6) is 0 Å². The second-order valence-electron chi connectivity index (χ2n) is 12.3. The van der Waals surface area contributed by atoms with Crippen molar-refractivity contribution in [2.45, 2.75) is 96.7 Å². The average Bonchev–Trinajstić information content (AvgIpc) is 2.92. The molecule has 2 saturated carbocycles. The van der Waals surface area contributed by atoms with Crippen molar-refractivity contribution in [2.75, 3.05) is 23.7 Å². The highest BCUT2D eigenvalue weighted by molar-refractivity contribution is 6.31. The van der Waals surface area contributed by atoms with Crippen molar-refractivity contribution in [3.8, 4) is 0 Å². The molecule has 2 aliphatic rings. The Hall–Kier alpha value is -1.96. The highest BCUT2D eigenvalue weighted by atomic mass is 35.5. The zero-order chi connectivity index (χ0) is 27.8. The number of hydrogen-bond acceptors (Lipinski definition) is 6. The number of aliphatic hydroxyl groups is 1. The zero-order valence-electron chi connectivity index (χ0n) is 23.9. The first kappa shape index (κ1) is 30.0. The number of benzene rings is 1. The van der Waals surface area contributed by atoms with E-state index in [1.54, 1.807) is 0 Å². The third-order valence-corrected chi connectivity index (χ3v) is 9.32. The minimum atomic E-state index is -0.478. The van der Waals surface area contributed by atoms with Crippen molar-refractivity contribution in [1.29, 1.82) is 0 Å². The molecule has 8 heteroatoms. The summed E-state index contributed by atoms with van der Waals surface area (Å²) in [6, 6.07) is 8.06. The second kappa shape index (κ2) is 14.1. The fourth-order valence-electron chi connectivity index (χ4n) is 6.49. The molecule has 1 aromatic carbocycles. The van der Waals surface area contributed by atoms with Crippen LogP contribution in [0.2, 0.25) is 5.02 Å². The number of anilines is 2. The van der Waals surface area contributed by atoms with Crippen LogP contribution < -0.4 is 16.0 Å². The Bertz CT molecular complexity index is 1040. The summed E-state index contributed by atoms with van der Waals surface area (Å²) >= 11 is 6.25. The Morgan fingerprint density at radius 1 is 1.08 bits per heavy atom. The van der Waals surface area contributed by atoms with Crippen molar-refractivity contribution in [1.82, 2.24) is 15.3 Å². The first-order valence-corrected chi connectivity index (χ1v) is 15.3. The smallest absolute Gasteiger partial charge is 0.225 e. The highest BCUT2D eigenvalue weighted by Gasteiger charge is 2.33. The van der Waals surface area contributed by atoms with Crippen LogP contribution in [0.25, 0.3) is 0 Å². The van der Waals surface area contributed by atoms with Gasteiger partial charge in [-0.05, 0) is 101 Å². The maximum Gasteiger partial charge on any atom is 0.225 e. The number of hydrogen-bond donors (Lipinski definition) is 4. The van der Waals surface area contributed by atoms with Gasteiger partial charge in [-0.25, -0.2) is 9.37 Å². The van der Waals surface area contributed by atoms with Gasteiger partial charge in [0.2, 0.25) is 5.95 Å². The lowest BCUT2D eigenvalue weighted by molar-refractivity contribution is 0.00748. The van der Waals surface area contributed by atoms with Gasteiger partial charge in [-0.2, -0.15) is 4.98 Å². The molecular formula is C31H47ClFN5O. The molecule has 216 valence electrons. The van der Waals surface area contributed by atoms with Gasteiger partial charge in [-0.15, -0.1) is 0 Å². The van der Waals surface area contributed by atoms with Gasteiger partial charge in [0.05, 0.1) is 11.8 Å². The van der Waals surface area contributed by atoms with Crippen LogP contribution in [0.15, 0.2) is 30.5 Å². The van der Waals surface area contributed by atoms with E-state index in [4.69, 9.17) is 11.6 Å². The van der Waals surface area contributed by atoms with Gasteiger partial charge in [-0.3, -0.25) is 0 Å². The normalized spacial score (nSPS) is 28.2. The van der Waals surface area contributed by atoms with E-state index in [1.807, 2.05) is 31.2 Å². The topological polar surface area (TPSA) is 82.1 Å². The molecule has 0 spiro atoms. The number of aromatic nitrogens is 2. The molecule has 2 aliphatic carbocycles. The molecule has 6 nitrogen and oxygen atoms in total. The molecule has 4 N–H and O–H groups in total. The van der Waals surface area contributed by atoms with E-state index in [-0.39, 0.29) is 5.82 Å². The zero-order valence-corrected chi connectivity index (χ0v) is 24.6. The van der Waals surface area contributed by atoms with E-state index in [0.717, 1.165) is 44.2 Å². The molecule has 0 amide bonds. The van der Waals surface area contributed by atoms with Gasteiger partial charge in [0.15, 0.2) is 11.6 Å². The van der Waals surface area contributed by atoms with Gasteiger partial charge in [-0.1, -0.05) is 49.6 Å². The Kier molecular flexibility index (Phi) is 10.8. The SMILES string of the molecule is CCCC1C[C@@H](CNc2nc(NCc3ccccc3Cl)ncc2F)C[C@H]([C@H](C)NCC2CCC(C)(O)CC2)C1. The van der Waals surface area contributed by atoms with E-state index in [0.29, 0.717) is 53.8 Å². The van der Waals surface area contributed by atoms with Crippen LogP contribution >= 0.6 is 11.6 Å². The van der Waals surface area contributed by atoms with E-state index >= 15 is 0 Å². The Morgan fingerprint density at radius 3 is 2.56 bits per heavy atom. The van der Waals surface area contributed by atoms with Crippen LogP contribution in [0.1, 0.15) is 84.1 Å². The maximum atomic E-state index is 14.6. The Balaban J connectivity index is 1.30. The van der Waals surface area contributed by atoms with E-state index < -0.39 is 11.4 Å². The summed E-state index contributed by atoms with van der Waals surface area (Å²) in [6.45, 7) is 8.78. The summed E-state index contributed by atoms with van der Waals surface area (Å²) in [5.41, 5.74) is 0.462. The van der Waals surface area contributed by atoms with Gasteiger partial charge < -0.3 is 21.1 Å². The van der Waals surface area contributed by atoms with Crippen molar-refractivity contribution < 1.29 is 9.50 Å². The third kappa shape index (κ3) is 9.02. The van der Waals surface area contributed by atoms with E-state index in [9.17, 15) is 9.50 Å². The molecule has 39 heavy (non-hydrogen) atoms. The molecule has 0 bridgehead atoms. The quantitative estimate of drug-likeness (QED) is 0.223. The summed E-state index contributed by atoms with van der Waals surface area (Å²) < 4.78 is 14.6. The molecule has 4 atom stereocenters. The predicted molar refractivity (Wildman–Crippen MR) is 159 cm³/mol. The van der Waals surface area contributed by atoms with Gasteiger partial charge in [0, 0.05) is 24.2 Å². The van der Waals surface area contributed by atoms with Crippen molar-refractivity contribution in [2.24, 2.45) is 23.7 Å². The molecule has 2 aromatic rings. The minimum absolute atomic E-state index is 0.250. The second-order valence-corrected chi connectivity index (χ2v) is 12.7. The molecule has 1 heterocycles. The van der Waals surface area contributed by atoms with E-state index in [2.05, 4.69) is 39.8 Å². The van der Waals surface area contributed by atoms with Crippen molar-refractivity contribution >= 4 is 23.4 Å². The minimum Gasteiger partial charge on any atom is -0.390 e. The van der Waals surface area contributed by atoms with Crippen LogP contribution in [-0.2, 0) is 6.54 Å². The fourth-order valence-corrected chi connectivity index (χ4v) is 6.69. The van der Waals surface area contributed by atoms with Gasteiger partial charge >= 0.3 is 0 Å². The molecule has 0 saturated heterocycles. The Morgan fingerprint density at radius 2 is 1.82 bits per heavy atom. The van der Waals surface area contributed by atoms with E-state index in [1.165, 1.54) is 31.9 Å². The highest BCUT2D eigenvalue weighted by Crippen LogP contribution is 2.38. The van der Waals surface area contributed by atoms with Gasteiger partial charge in [0.1, 0.15) is 0 Å². The first-order chi connectivity index (χ1) is 18.7. The molecule has 0 aliphatic heterocycles. The number of rotatable bonds is 12. The third-order valence-electron chi connectivity index (χ3n) is 8.95. The molecular weight excluding hydrogens is 513 g/mol. The van der Waals surface area contributed by atoms with Crippen LogP contribution in [0.4, 0.5) is 16.2 Å². The van der Waals surface area contributed by atoms with Crippen LogP contribution in [0, 0.1) is 29.5 Å². The standard InChI is InChI=1S/C31H47ClFN5O/c1-4-7-23-14-24(16-26(15-23)21(2)34-17-22-10-12-31(3,39)13-11-22)18-35-29-28(33)20-37-30(38-29)36-19-25-8-5-6-9-27(25)32/h5-6,8-9,20-24,26,34,39H,4,7,10-19H2,1-3H3,(H2,35,36,37,38)/t21-,22?,23?,24+,26+,31?/m0/s1. The summed E-state index contributed by atoms with van der Waals surface area (Å²) in [5.74, 6) is 2.64. The number of halogens is 2. The maximum absolute atomic E-state index is 14.6. The number of nitrogens with zero attached hydrogens (tertiary/aromatic N) is 2. The van der Waals surface area contributed by atoms with Crippen molar-refractivity contribution in [3.05, 3.63) is 46.9 Å². The molecule has 4 rings (SSSR count). The largest absolute Gasteiger partial charge is 0.390 e. The number of nitrogens with one attached hydrogen (secondary N) is 3. The van der Waals surface area contributed by atoms with Crippen molar-refractivity contribution in [3.63, 3.8) is 0 Å². The Labute approximate surface area is 238 Å². The molecule has 1 aromatic heterocycles.